The van der Waals surface area contributed by atoms with Crippen molar-refractivity contribution in [2.24, 2.45) is 5.41 Å². The van der Waals surface area contributed by atoms with Crippen LogP contribution in [0.4, 0.5) is 0 Å². The molecule has 2 N–H and O–H groups in total. The fourth-order valence-electron chi connectivity index (χ4n) is 2.34. The van der Waals surface area contributed by atoms with Crippen LogP contribution in [-0.4, -0.2) is 36.9 Å². The quantitative estimate of drug-likeness (QED) is 0.523. The molecule has 0 amide bonds. The number of aromatic nitrogens is 3. The minimum Gasteiger partial charge on any atom is -0.493 e. The third kappa shape index (κ3) is 3.96. The largest absolute Gasteiger partial charge is 0.493 e. The van der Waals surface area contributed by atoms with Gasteiger partial charge in [0.25, 0.3) is 0 Å². The number of carbonyl (C=O) groups is 2. The summed E-state index contributed by atoms with van der Waals surface area (Å²) in [6.07, 6.45) is 1.48. The summed E-state index contributed by atoms with van der Waals surface area (Å²) < 4.78 is 0. The standard InChI is InChI=1S/C21H17N3O4/c1-21(2,3)16(25)18-23-17-15(19(26)24-18)10-13(11-22-17)5-4-12-6-8-14(9-7-12)20(27)28/h6-11H,1-3H3,(H,27,28)(H,22,23,24,26). The molecule has 0 aliphatic heterocycles. The normalized spacial score (nSPS) is 11.0. The second-order valence-electron chi connectivity index (χ2n) is 7.18. The summed E-state index contributed by atoms with van der Waals surface area (Å²) in [5.41, 5.74) is 0.860. The number of hydrogen-bond donors (Lipinski definition) is 2. The molecule has 0 fully saturated rings. The van der Waals surface area contributed by atoms with Gasteiger partial charge in [0.15, 0.2) is 5.65 Å². The number of pyridine rings is 1. The van der Waals surface area contributed by atoms with E-state index in [1.165, 1.54) is 18.3 Å². The lowest BCUT2D eigenvalue weighted by atomic mass is 9.90. The van der Waals surface area contributed by atoms with E-state index in [1.54, 1.807) is 39.0 Å². The van der Waals surface area contributed by atoms with E-state index in [9.17, 15) is 14.7 Å². The third-order valence-corrected chi connectivity index (χ3v) is 3.90. The average Bonchev–Trinajstić information content (AvgIpc) is 2.65. The van der Waals surface area contributed by atoms with Crippen LogP contribution < -0.4 is 0 Å². The van der Waals surface area contributed by atoms with E-state index in [0.717, 1.165) is 0 Å². The zero-order chi connectivity index (χ0) is 20.5. The van der Waals surface area contributed by atoms with Gasteiger partial charge in [0.05, 0.1) is 10.9 Å². The first-order valence-corrected chi connectivity index (χ1v) is 8.42. The van der Waals surface area contributed by atoms with Crippen molar-refractivity contribution in [2.45, 2.75) is 20.8 Å². The van der Waals surface area contributed by atoms with Gasteiger partial charge in [-0.05, 0) is 30.3 Å². The molecule has 1 aromatic carbocycles. The van der Waals surface area contributed by atoms with E-state index < -0.39 is 11.4 Å². The molecule has 0 unspecified atom stereocenters. The predicted octanol–water partition coefficient (Wildman–Crippen LogP) is 3.06. The first kappa shape index (κ1) is 19.0. The maximum Gasteiger partial charge on any atom is 0.335 e. The molecule has 7 heteroatoms. The molecule has 0 aliphatic rings. The van der Waals surface area contributed by atoms with E-state index in [-0.39, 0.29) is 28.7 Å². The zero-order valence-electron chi connectivity index (χ0n) is 15.5. The summed E-state index contributed by atoms with van der Waals surface area (Å²) in [6, 6.07) is 7.74. The van der Waals surface area contributed by atoms with Gasteiger partial charge >= 0.3 is 5.97 Å². The van der Waals surface area contributed by atoms with Crippen LogP contribution in [0, 0.1) is 17.3 Å². The highest BCUT2D eigenvalue weighted by Crippen LogP contribution is 2.24. The summed E-state index contributed by atoms with van der Waals surface area (Å²) in [5, 5.41) is 19.4. The lowest BCUT2D eigenvalue weighted by Crippen LogP contribution is -2.22. The number of aromatic hydroxyl groups is 1. The van der Waals surface area contributed by atoms with Crippen molar-refractivity contribution in [3.8, 4) is 17.7 Å². The second-order valence-corrected chi connectivity index (χ2v) is 7.18. The molecule has 7 nitrogen and oxygen atoms in total. The van der Waals surface area contributed by atoms with Gasteiger partial charge in [0.2, 0.25) is 17.5 Å². The van der Waals surface area contributed by atoms with Gasteiger partial charge in [0, 0.05) is 22.7 Å². The van der Waals surface area contributed by atoms with Gasteiger partial charge in [-0.25, -0.2) is 14.8 Å². The summed E-state index contributed by atoms with van der Waals surface area (Å²) in [4.78, 5) is 35.4. The van der Waals surface area contributed by atoms with Crippen LogP contribution in [0.15, 0.2) is 36.5 Å². The van der Waals surface area contributed by atoms with Crippen molar-refractivity contribution in [1.29, 1.82) is 0 Å². The fraction of sp³-hybridized carbons (Fsp3) is 0.190. The Morgan fingerprint density at radius 1 is 1.00 bits per heavy atom. The lowest BCUT2D eigenvalue weighted by molar-refractivity contribution is 0.0696. The van der Waals surface area contributed by atoms with Crippen LogP contribution in [0.1, 0.15) is 52.9 Å². The zero-order valence-corrected chi connectivity index (χ0v) is 15.5. The molecule has 2 heterocycles. The fourth-order valence-corrected chi connectivity index (χ4v) is 2.34. The number of Topliss-reactive ketones (excluding diaryl/α,β-unsaturated/α-hetero) is 1. The van der Waals surface area contributed by atoms with Gasteiger partial charge in [-0.2, -0.15) is 4.98 Å². The molecular formula is C21H17N3O4. The highest BCUT2D eigenvalue weighted by atomic mass is 16.4. The van der Waals surface area contributed by atoms with E-state index >= 15 is 0 Å². The van der Waals surface area contributed by atoms with Crippen LogP contribution in [0.3, 0.4) is 0 Å². The Morgan fingerprint density at radius 3 is 2.25 bits per heavy atom. The van der Waals surface area contributed by atoms with Crippen LogP contribution in [0.25, 0.3) is 11.0 Å². The lowest BCUT2D eigenvalue weighted by Gasteiger charge is -2.15. The Balaban J connectivity index is 1.94. The molecule has 28 heavy (non-hydrogen) atoms. The number of rotatable bonds is 2. The van der Waals surface area contributed by atoms with E-state index in [1.807, 2.05) is 0 Å². The Labute approximate surface area is 161 Å². The summed E-state index contributed by atoms with van der Waals surface area (Å²) in [7, 11) is 0. The molecule has 0 atom stereocenters. The van der Waals surface area contributed by atoms with Crippen molar-refractivity contribution in [1.82, 2.24) is 15.0 Å². The van der Waals surface area contributed by atoms with Gasteiger partial charge in [0.1, 0.15) is 0 Å². The molecule has 0 saturated carbocycles. The van der Waals surface area contributed by atoms with E-state index in [4.69, 9.17) is 5.11 Å². The Hall–Kier alpha value is -3.79. The van der Waals surface area contributed by atoms with Gasteiger partial charge < -0.3 is 10.2 Å². The Bertz CT molecular complexity index is 1150. The third-order valence-electron chi connectivity index (χ3n) is 3.90. The number of carboxylic acid groups (broad SMARTS) is 1. The molecular weight excluding hydrogens is 358 g/mol. The van der Waals surface area contributed by atoms with Gasteiger partial charge in [-0.15, -0.1) is 0 Å². The topological polar surface area (TPSA) is 113 Å². The number of nitrogens with zero attached hydrogens (tertiary/aromatic N) is 3. The van der Waals surface area contributed by atoms with E-state index in [0.29, 0.717) is 16.5 Å². The second kappa shape index (κ2) is 7.08. The number of carboxylic acids is 1. The number of aromatic carboxylic acids is 1. The number of benzene rings is 1. The first-order chi connectivity index (χ1) is 13.1. The number of carbonyl (C=O) groups excluding carboxylic acids is 1. The van der Waals surface area contributed by atoms with Crippen LogP contribution >= 0.6 is 0 Å². The molecule has 0 bridgehead atoms. The summed E-state index contributed by atoms with van der Waals surface area (Å²) in [6.45, 7) is 5.24. The molecule has 0 radical (unpaired) electrons. The smallest absolute Gasteiger partial charge is 0.335 e. The molecule has 140 valence electrons. The van der Waals surface area contributed by atoms with Crippen molar-refractivity contribution in [3.05, 3.63) is 59.0 Å². The highest BCUT2D eigenvalue weighted by molar-refractivity contribution is 5.98. The minimum atomic E-state index is -1.00. The Kier molecular flexibility index (Phi) is 4.80. The van der Waals surface area contributed by atoms with Crippen molar-refractivity contribution in [2.75, 3.05) is 0 Å². The van der Waals surface area contributed by atoms with Gasteiger partial charge in [-0.1, -0.05) is 32.6 Å². The SMILES string of the molecule is CC(C)(C)C(=O)c1nc(O)c2cc(C#Cc3ccc(C(=O)O)cc3)cnc2n1. The molecule has 2 aromatic heterocycles. The van der Waals surface area contributed by atoms with Crippen LogP contribution in [0.2, 0.25) is 0 Å². The molecule has 3 aromatic rings. The van der Waals surface area contributed by atoms with Crippen molar-refractivity contribution in [3.63, 3.8) is 0 Å². The minimum absolute atomic E-state index is 0.0812. The average molecular weight is 375 g/mol. The maximum atomic E-state index is 12.3. The van der Waals surface area contributed by atoms with Crippen molar-refractivity contribution >= 4 is 22.8 Å². The summed E-state index contributed by atoms with van der Waals surface area (Å²) in [5.74, 6) is 4.09. The number of hydrogen-bond acceptors (Lipinski definition) is 6. The van der Waals surface area contributed by atoms with Crippen molar-refractivity contribution < 1.29 is 19.8 Å². The molecule has 3 rings (SSSR count). The highest BCUT2D eigenvalue weighted by Gasteiger charge is 2.26. The maximum absolute atomic E-state index is 12.3. The molecule has 0 aliphatic carbocycles. The number of fused-ring (bicyclic) bond motifs is 1. The van der Waals surface area contributed by atoms with E-state index in [2.05, 4.69) is 26.8 Å². The van der Waals surface area contributed by atoms with Gasteiger partial charge in [-0.3, -0.25) is 4.79 Å². The first-order valence-electron chi connectivity index (χ1n) is 8.42. The summed E-state index contributed by atoms with van der Waals surface area (Å²) >= 11 is 0. The van der Waals surface area contributed by atoms with Crippen LogP contribution in [-0.2, 0) is 0 Å². The predicted molar refractivity (Wildman–Crippen MR) is 102 cm³/mol. The molecule has 0 saturated heterocycles. The van der Waals surface area contributed by atoms with Crippen LogP contribution in [0.5, 0.6) is 5.88 Å². The monoisotopic (exact) mass is 375 g/mol. The number of ketones is 1. The Morgan fingerprint density at radius 2 is 1.64 bits per heavy atom. The molecule has 0 spiro atoms.